The minimum atomic E-state index is -3.81. The van der Waals surface area contributed by atoms with Crippen LogP contribution in [0.3, 0.4) is 0 Å². The van der Waals surface area contributed by atoms with Gasteiger partial charge in [-0.2, -0.15) is 0 Å². The van der Waals surface area contributed by atoms with Crippen LogP contribution in [-0.2, 0) is 10.0 Å². The topological polar surface area (TPSA) is 101 Å². The first-order valence-electron chi connectivity index (χ1n) is 6.99. The zero-order chi connectivity index (χ0) is 19.5. The van der Waals surface area contributed by atoms with E-state index in [0.29, 0.717) is 11.3 Å². The van der Waals surface area contributed by atoms with Gasteiger partial charge in [-0.3, -0.25) is 4.79 Å². The van der Waals surface area contributed by atoms with Crippen LogP contribution in [0.1, 0.15) is 10.4 Å². The van der Waals surface area contributed by atoms with Crippen LogP contribution >= 0.6 is 50.7 Å². The van der Waals surface area contributed by atoms with Gasteiger partial charge in [0.05, 0.1) is 4.90 Å². The van der Waals surface area contributed by atoms with Crippen molar-refractivity contribution < 1.29 is 13.2 Å². The standard InChI is InChI=1S/C15H13BrCl3N3O3S/c16-10-3-1-9(2-4-10)13(23)22-14(15(17,18)19)21-11-5-7-12(8-6-11)26(20,24)25/h1-8,14,21H,(H,22,23)(H2,20,24,25)/t14-/m0/s1. The van der Waals surface area contributed by atoms with Crippen molar-refractivity contribution >= 4 is 72.4 Å². The molecule has 2 rings (SSSR count). The summed E-state index contributed by atoms with van der Waals surface area (Å²) in [6, 6.07) is 12.1. The smallest absolute Gasteiger partial charge is 0.252 e. The lowest BCUT2D eigenvalue weighted by atomic mass is 10.2. The van der Waals surface area contributed by atoms with Crippen LogP contribution in [0.4, 0.5) is 5.69 Å². The van der Waals surface area contributed by atoms with Gasteiger partial charge < -0.3 is 10.6 Å². The van der Waals surface area contributed by atoms with Gasteiger partial charge >= 0.3 is 0 Å². The minimum absolute atomic E-state index is 0.0626. The molecule has 1 amide bonds. The summed E-state index contributed by atoms with van der Waals surface area (Å²) in [5.74, 6) is -0.456. The van der Waals surface area contributed by atoms with Crippen LogP contribution in [0.5, 0.6) is 0 Å². The SMILES string of the molecule is NS(=O)(=O)c1ccc(N[C@@H](NC(=O)c2ccc(Br)cc2)C(Cl)(Cl)Cl)cc1. The first kappa shape index (κ1) is 21.3. The highest BCUT2D eigenvalue weighted by Crippen LogP contribution is 2.31. The maximum atomic E-state index is 12.4. The fraction of sp³-hybridized carbons (Fsp3) is 0.133. The Morgan fingerprint density at radius 2 is 1.58 bits per heavy atom. The average molecular weight is 502 g/mol. The molecule has 0 aliphatic carbocycles. The zero-order valence-electron chi connectivity index (χ0n) is 12.9. The molecule has 0 heterocycles. The van der Waals surface area contributed by atoms with E-state index in [1.54, 1.807) is 24.3 Å². The van der Waals surface area contributed by atoms with Gasteiger partial charge in [0.2, 0.25) is 13.8 Å². The highest BCUT2D eigenvalue weighted by molar-refractivity contribution is 9.10. The molecule has 0 radical (unpaired) electrons. The molecule has 0 bridgehead atoms. The third kappa shape index (κ3) is 6.00. The van der Waals surface area contributed by atoms with E-state index in [1.165, 1.54) is 24.3 Å². The van der Waals surface area contributed by atoms with Crippen LogP contribution in [0.25, 0.3) is 0 Å². The Kier molecular flexibility index (Phi) is 6.81. The van der Waals surface area contributed by atoms with Crippen molar-refractivity contribution in [3.8, 4) is 0 Å². The van der Waals surface area contributed by atoms with Crippen LogP contribution in [0, 0.1) is 0 Å². The fourth-order valence-electron chi connectivity index (χ4n) is 1.92. The normalized spacial score (nSPS) is 13.1. The third-order valence-electron chi connectivity index (χ3n) is 3.20. The molecule has 0 fully saturated rings. The van der Waals surface area contributed by atoms with E-state index in [0.717, 1.165) is 4.47 Å². The summed E-state index contributed by atoms with van der Waals surface area (Å²) < 4.78 is 21.5. The van der Waals surface area contributed by atoms with E-state index in [9.17, 15) is 13.2 Å². The largest absolute Gasteiger partial charge is 0.362 e. The molecule has 0 aliphatic heterocycles. The van der Waals surface area contributed by atoms with E-state index < -0.39 is 25.9 Å². The maximum Gasteiger partial charge on any atom is 0.252 e. The number of primary sulfonamides is 1. The van der Waals surface area contributed by atoms with Gasteiger partial charge in [0.25, 0.3) is 5.91 Å². The zero-order valence-corrected chi connectivity index (χ0v) is 17.6. The number of carbonyl (C=O) groups excluding carboxylic acids is 1. The summed E-state index contributed by atoms with van der Waals surface area (Å²) in [5.41, 5.74) is 0.795. The molecule has 6 nitrogen and oxygen atoms in total. The van der Waals surface area contributed by atoms with Gasteiger partial charge in [0.1, 0.15) is 6.17 Å². The third-order valence-corrected chi connectivity index (χ3v) is 5.32. The van der Waals surface area contributed by atoms with Crippen molar-refractivity contribution in [2.45, 2.75) is 14.9 Å². The number of rotatable bonds is 5. The Balaban J connectivity index is 2.17. The number of benzene rings is 2. The second kappa shape index (κ2) is 8.33. The lowest BCUT2D eigenvalue weighted by Crippen LogP contribution is -2.49. The molecule has 1 atom stereocenters. The second-order valence-electron chi connectivity index (χ2n) is 5.17. The molecule has 0 aliphatic rings. The molecular weight excluding hydrogens is 489 g/mol. The average Bonchev–Trinajstić information content (AvgIpc) is 2.53. The van der Waals surface area contributed by atoms with E-state index in [-0.39, 0.29) is 4.90 Å². The summed E-state index contributed by atoms with van der Waals surface area (Å²) in [7, 11) is -3.81. The summed E-state index contributed by atoms with van der Waals surface area (Å²) >= 11 is 21.1. The van der Waals surface area contributed by atoms with Crippen LogP contribution in [-0.4, -0.2) is 24.3 Å². The Labute approximate surface area is 174 Å². The van der Waals surface area contributed by atoms with Gasteiger partial charge in [0, 0.05) is 15.7 Å². The van der Waals surface area contributed by atoms with E-state index >= 15 is 0 Å². The summed E-state index contributed by atoms with van der Waals surface area (Å²) in [6.45, 7) is 0. The monoisotopic (exact) mass is 499 g/mol. The van der Waals surface area contributed by atoms with E-state index in [1.807, 2.05) is 0 Å². The Bertz CT molecular complexity index is 885. The number of sulfonamides is 1. The van der Waals surface area contributed by atoms with Gasteiger partial charge in [-0.15, -0.1) is 0 Å². The van der Waals surface area contributed by atoms with Crippen LogP contribution in [0.2, 0.25) is 0 Å². The van der Waals surface area contributed by atoms with Gasteiger partial charge in [-0.05, 0) is 48.5 Å². The van der Waals surface area contributed by atoms with Crippen molar-refractivity contribution in [1.29, 1.82) is 0 Å². The summed E-state index contributed by atoms with van der Waals surface area (Å²) in [4.78, 5) is 12.3. The van der Waals surface area contributed by atoms with Crippen molar-refractivity contribution in [2.75, 3.05) is 5.32 Å². The van der Waals surface area contributed by atoms with Crippen molar-refractivity contribution in [2.24, 2.45) is 5.14 Å². The maximum absolute atomic E-state index is 12.4. The van der Waals surface area contributed by atoms with E-state index in [4.69, 9.17) is 39.9 Å². The predicted molar refractivity (Wildman–Crippen MR) is 107 cm³/mol. The van der Waals surface area contributed by atoms with Crippen LogP contribution in [0.15, 0.2) is 57.9 Å². The fourth-order valence-corrected chi connectivity index (χ4v) is 3.03. The van der Waals surface area contributed by atoms with Gasteiger partial charge in [0.15, 0.2) is 0 Å². The number of hydrogen-bond acceptors (Lipinski definition) is 4. The Morgan fingerprint density at radius 1 is 1.04 bits per heavy atom. The first-order chi connectivity index (χ1) is 12.0. The number of carbonyl (C=O) groups is 1. The van der Waals surface area contributed by atoms with E-state index in [2.05, 4.69) is 26.6 Å². The molecule has 0 spiro atoms. The highest BCUT2D eigenvalue weighted by Gasteiger charge is 2.34. The molecule has 2 aromatic rings. The summed E-state index contributed by atoms with van der Waals surface area (Å²) in [6.07, 6.45) is -1.08. The number of alkyl halides is 3. The molecule has 26 heavy (non-hydrogen) atoms. The van der Waals surface area contributed by atoms with Gasteiger partial charge in [-0.1, -0.05) is 50.7 Å². The molecule has 11 heteroatoms. The molecular formula is C15H13BrCl3N3O3S. The number of halogens is 4. The molecule has 140 valence electrons. The predicted octanol–water partition coefficient (Wildman–Crippen LogP) is 3.63. The summed E-state index contributed by atoms with van der Waals surface area (Å²) in [5, 5.41) is 10.5. The number of amides is 1. The molecule has 0 saturated heterocycles. The molecule has 0 aromatic heterocycles. The van der Waals surface area contributed by atoms with Crippen molar-refractivity contribution in [3.05, 3.63) is 58.6 Å². The molecule has 0 saturated carbocycles. The lowest BCUT2D eigenvalue weighted by molar-refractivity contribution is 0.0942. The number of nitrogens with two attached hydrogens (primary N) is 1. The minimum Gasteiger partial charge on any atom is -0.362 e. The number of nitrogens with one attached hydrogen (secondary N) is 2. The Morgan fingerprint density at radius 3 is 2.04 bits per heavy atom. The molecule has 2 aromatic carbocycles. The van der Waals surface area contributed by atoms with Crippen LogP contribution < -0.4 is 15.8 Å². The van der Waals surface area contributed by atoms with Crippen molar-refractivity contribution in [1.82, 2.24) is 5.32 Å². The quantitative estimate of drug-likeness (QED) is 0.430. The number of anilines is 1. The lowest BCUT2D eigenvalue weighted by Gasteiger charge is -2.27. The Hall–Kier alpha value is -1.03. The van der Waals surface area contributed by atoms with Gasteiger partial charge in [-0.25, -0.2) is 13.6 Å². The second-order valence-corrected chi connectivity index (χ2v) is 10.0. The first-order valence-corrected chi connectivity index (χ1v) is 10.5. The number of hydrogen-bond donors (Lipinski definition) is 3. The molecule has 0 unspecified atom stereocenters. The highest BCUT2D eigenvalue weighted by atomic mass is 79.9. The molecule has 4 N–H and O–H groups in total. The van der Waals surface area contributed by atoms with Crippen molar-refractivity contribution in [3.63, 3.8) is 0 Å².